The minimum Gasteiger partial charge on any atom is -0.467 e. The Morgan fingerprint density at radius 1 is 0.860 bits per heavy atom. The van der Waals surface area contributed by atoms with Crippen molar-refractivity contribution in [2.45, 2.75) is 39.1 Å². The summed E-state index contributed by atoms with van der Waals surface area (Å²) in [6, 6.07) is 31.7. The Morgan fingerprint density at radius 3 is 2.21 bits per heavy atom. The standard InChI is InChI=1S/C35H39N3O4S/c1-25-9-7-8-12-30(25)32-21-28(15-18-31(32)34(39)37-33(19-20-43-3)35(40)41-2)23-38(22-26-10-5-4-6-11-26)29-16-13-27(14-17-29)24-42-36/h4-18,21,33H,19-20,22-24,36H2,1-3H3,(H,37,39). The first-order valence-corrected chi connectivity index (χ1v) is 15.6. The van der Waals surface area contributed by atoms with E-state index in [0.717, 1.165) is 39.3 Å². The van der Waals surface area contributed by atoms with Crippen molar-refractivity contribution in [2.75, 3.05) is 24.0 Å². The number of carbonyl (C=O) groups is 2. The first-order valence-electron chi connectivity index (χ1n) is 14.2. The second-order valence-corrected chi connectivity index (χ2v) is 11.3. The van der Waals surface area contributed by atoms with Gasteiger partial charge in [-0.3, -0.25) is 9.63 Å². The molecule has 4 rings (SSSR count). The molecule has 8 heteroatoms. The summed E-state index contributed by atoms with van der Waals surface area (Å²) in [6.45, 7) is 3.69. The second kappa shape index (κ2) is 15.9. The van der Waals surface area contributed by atoms with Gasteiger partial charge in [0.05, 0.1) is 13.7 Å². The first kappa shape index (κ1) is 31.8. The van der Waals surface area contributed by atoms with Crippen LogP contribution >= 0.6 is 11.8 Å². The van der Waals surface area contributed by atoms with E-state index in [2.05, 4.69) is 40.5 Å². The number of benzene rings is 4. The third-order valence-corrected chi connectivity index (χ3v) is 7.95. The number of hydrogen-bond acceptors (Lipinski definition) is 7. The van der Waals surface area contributed by atoms with Gasteiger partial charge in [0, 0.05) is 24.3 Å². The Bertz CT molecular complexity index is 1490. The number of nitrogens with one attached hydrogen (secondary N) is 1. The molecule has 224 valence electrons. The number of amides is 1. The van der Waals surface area contributed by atoms with Gasteiger partial charge in [-0.15, -0.1) is 0 Å². The average molecular weight is 598 g/mol. The predicted octanol–water partition coefficient (Wildman–Crippen LogP) is 6.28. The number of methoxy groups -OCH3 is 1. The quantitative estimate of drug-likeness (QED) is 0.130. The summed E-state index contributed by atoms with van der Waals surface area (Å²) < 4.78 is 4.97. The van der Waals surface area contributed by atoms with Crippen molar-refractivity contribution in [1.29, 1.82) is 0 Å². The van der Waals surface area contributed by atoms with E-state index in [1.807, 2.05) is 79.9 Å². The molecule has 0 aliphatic heterocycles. The number of thioether (sulfide) groups is 1. The summed E-state index contributed by atoms with van der Waals surface area (Å²) in [5, 5.41) is 2.93. The second-order valence-electron chi connectivity index (χ2n) is 10.3. The highest BCUT2D eigenvalue weighted by molar-refractivity contribution is 7.98. The number of rotatable bonds is 14. The van der Waals surface area contributed by atoms with Crippen LogP contribution in [0.4, 0.5) is 5.69 Å². The maximum atomic E-state index is 13.7. The molecule has 0 saturated carbocycles. The molecule has 0 aliphatic rings. The summed E-state index contributed by atoms with van der Waals surface area (Å²) >= 11 is 1.62. The fourth-order valence-corrected chi connectivity index (χ4v) is 5.48. The summed E-state index contributed by atoms with van der Waals surface area (Å²) in [7, 11) is 1.34. The van der Waals surface area contributed by atoms with Gasteiger partial charge in [0.25, 0.3) is 5.91 Å². The van der Waals surface area contributed by atoms with Gasteiger partial charge in [0.1, 0.15) is 6.04 Å². The SMILES string of the molecule is COC(=O)C(CCSC)NC(=O)c1ccc(CN(Cc2ccccc2)c2ccc(CON)cc2)cc1-c1ccccc1C. The number of hydrogen-bond donors (Lipinski definition) is 2. The van der Waals surface area contributed by atoms with E-state index < -0.39 is 12.0 Å². The first-order chi connectivity index (χ1) is 20.9. The fourth-order valence-electron chi connectivity index (χ4n) is 5.01. The number of nitrogens with zero attached hydrogens (tertiary/aromatic N) is 1. The van der Waals surface area contributed by atoms with Crippen LogP contribution in [0.1, 0.15) is 39.0 Å². The minimum atomic E-state index is -0.719. The molecule has 0 bridgehead atoms. The van der Waals surface area contributed by atoms with Gasteiger partial charge in [0.2, 0.25) is 0 Å². The lowest BCUT2D eigenvalue weighted by molar-refractivity contribution is -0.142. The van der Waals surface area contributed by atoms with E-state index in [1.54, 1.807) is 11.8 Å². The van der Waals surface area contributed by atoms with E-state index in [0.29, 0.717) is 31.7 Å². The van der Waals surface area contributed by atoms with Crippen LogP contribution in [0.2, 0.25) is 0 Å². The molecule has 1 unspecified atom stereocenters. The van der Waals surface area contributed by atoms with Crippen molar-refractivity contribution in [3.63, 3.8) is 0 Å². The Balaban J connectivity index is 1.71. The number of anilines is 1. The molecule has 3 N–H and O–H groups in total. The molecule has 0 radical (unpaired) electrons. The molecular formula is C35H39N3O4S. The van der Waals surface area contributed by atoms with Crippen molar-refractivity contribution in [3.05, 3.63) is 125 Å². The molecular weight excluding hydrogens is 558 g/mol. The Morgan fingerprint density at radius 2 is 1.53 bits per heavy atom. The van der Waals surface area contributed by atoms with Crippen LogP contribution in [0.3, 0.4) is 0 Å². The molecule has 1 atom stereocenters. The van der Waals surface area contributed by atoms with Gasteiger partial charge < -0.3 is 15.0 Å². The van der Waals surface area contributed by atoms with E-state index in [-0.39, 0.29) is 5.91 Å². The van der Waals surface area contributed by atoms with Crippen molar-refractivity contribution >= 4 is 29.3 Å². The molecule has 0 heterocycles. The van der Waals surface area contributed by atoms with Crippen molar-refractivity contribution in [3.8, 4) is 11.1 Å². The van der Waals surface area contributed by atoms with Gasteiger partial charge in [-0.25, -0.2) is 10.7 Å². The van der Waals surface area contributed by atoms with Crippen LogP contribution in [0.15, 0.2) is 97.1 Å². The molecule has 0 aromatic heterocycles. The predicted molar refractivity (Wildman–Crippen MR) is 175 cm³/mol. The van der Waals surface area contributed by atoms with Gasteiger partial charge in [-0.2, -0.15) is 11.8 Å². The van der Waals surface area contributed by atoms with Crippen LogP contribution in [0, 0.1) is 6.92 Å². The lowest BCUT2D eigenvalue weighted by Gasteiger charge is -2.26. The Hall–Kier alpha value is -4.11. The molecule has 43 heavy (non-hydrogen) atoms. The fraction of sp³-hybridized carbons (Fsp3) is 0.257. The zero-order chi connectivity index (χ0) is 30.6. The van der Waals surface area contributed by atoms with E-state index >= 15 is 0 Å². The van der Waals surface area contributed by atoms with Crippen LogP contribution in [0.25, 0.3) is 11.1 Å². The van der Waals surface area contributed by atoms with Gasteiger partial charge >= 0.3 is 5.97 Å². The molecule has 7 nitrogen and oxygen atoms in total. The molecule has 0 spiro atoms. The summed E-state index contributed by atoms with van der Waals surface area (Å²) in [5.41, 5.74) is 7.63. The highest BCUT2D eigenvalue weighted by Crippen LogP contribution is 2.30. The molecule has 0 fully saturated rings. The lowest BCUT2D eigenvalue weighted by atomic mass is 9.93. The molecule has 4 aromatic carbocycles. The van der Waals surface area contributed by atoms with Gasteiger partial charge in [-0.1, -0.05) is 72.8 Å². The monoisotopic (exact) mass is 597 g/mol. The van der Waals surface area contributed by atoms with Crippen LogP contribution in [0.5, 0.6) is 0 Å². The highest BCUT2D eigenvalue weighted by atomic mass is 32.2. The molecule has 1 amide bonds. The van der Waals surface area contributed by atoms with Gasteiger partial charge in [0.15, 0.2) is 0 Å². The van der Waals surface area contributed by atoms with Crippen LogP contribution < -0.4 is 16.1 Å². The molecule has 4 aromatic rings. The number of esters is 1. The summed E-state index contributed by atoms with van der Waals surface area (Å²) in [6.07, 6.45) is 2.46. The maximum Gasteiger partial charge on any atom is 0.328 e. The topological polar surface area (TPSA) is 93.9 Å². The largest absolute Gasteiger partial charge is 0.467 e. The Kier molecular flexibility index (Phi) is 11.8. The number of aryl methyl sites for hydroxylation is 1. The minimum absolute atomic E-state index is 0.305. The van der Waals surface area contributed by atoms with Crippen molar-refractivity contribution in [1.82, 2.24) is 5.32 Å². The van der Waals surface area contributed by atoms with E-state index in [9.17, 15) is 9.59 Å². The maximum absolute atomic E-state index is 13.7. The zero-order valence-corrected chi connectivity index (χ0v) is 25.7. The summed E-state index contributed by atoms with van der Waals surface area (Å²) in [5.74, 6) is 5.25. The Labute approximate surface area is 258 Å². The normalized spacial score (nSPS) is 11.5. The highest BCUT2D eigenvalue weighted by Gasteiger charge is 2.24. The van der Waals surface area contributed by atoms with E-state index in [1.165, 1.54) is 12.7 Å². The van der Waals surface area contributed by atoms with Crippen LogP contribution in [-0.4, -0.2) is 37.0 Å². The van der Waals surface area contributed by atoms with Crippen LogP contribution in [-0.2, 0) is 34.1 Å². The number of ether oxygens (including phenoxy) is 1. The summed E-state index contributed by atoms with van der Waals surface area (Å²) in [4.78, 5) is 33.2. The average Bonchev–Trinajstić information content (AvgIpc) is 3.03. The third-order valence-electron chi connectivity index (χ3n) is 7.31. The van der Waals surface area contributed by atoms with Crippen molar-refractivity contribution < 1.29 is 19.2 Å². The molecule has 0 saturated heterocycles. The number of nitrogens with two attached hydrogens (primary N) is 1. The smallest absolute Gasteiger partial charge is 0.328 e. The van der Waals surface area contributed by atoms with Gasteiger partial charge in [-0.05, 0) is 83.0 Å². The van der Waals surface area contributed by atoms with Crippen molar-refractivity contribution in [2.24, 2.45) is 5.90 Å². The lowest BCUT2D eigenvalue weighted by Crippen LogP contribution is -2.42. The zero-order valence-electron chi connectivity index (χ0n) is 24.9. The third kappa shape index (κ3) is 8.70. The molecule has 0 aliphatic carbocycles. The number of carbonyl (C=O) groups excluding carboxylic acids is 2. The van der Waals surface area contributed by atoms with E-state index in [4.69, 9.17) is 15.5 Å².